The molecule has 0 unspecified atom stereocenters. The summed E-state index contributed by atoms with van der Waals surface area (Å²) in [5, 5.41) is 3.78. The number of carbonyl (C=O) groups is 3. The Morgan fingerprint density at radius 3 is 2.35 bits per heavy atom. The minimum Gasteiger partial charge on any atom is -0.326 e. The van der Waals surface area contributed by atoms with Crippen LogP contribution < -0.4 is 5.32 Å². The molecule has 1 saturated heterocycles. The summed E-state index contributed by atoms with van der Waals surface area (Å²) in [4.78, 5) is 43.3. The van der Waals surface area contributed by atoms with Gasteiger partial charge in [-0.3, -0.25) is 19.3 Å². The summed E-state index contributed by atoms with van der Waals surface area (Å²) >= 11 is 1.63. The molecule has 0 bridgehead atoms. The highest BCUT2D eigenvalue weighted by atomic mass is 32.1. The molecule has 1 fully saturated rings. The van der Waals surface area contributed by atoms with Crippen LogP contribution in [0.25, 0.3) is 20.8 Å². The predicted molar refractivity (Wildman–Crippen MR) is 120 cm³/mol. The van der Waals surface area contributed by atoms with Crippen LogP contribution in [-0.4, -0.2) is 34.2 Å². The van der Waals surface area contributed by atoms with Crippen LogP contribution >= 0.6 is 11.3 Å². The molecule has 1 aliphatic heterocycles. The standard InChI is InChI=1S/C24H21N3O3S/c28-21(13-14-27-23(29)17-5-1-2-6-18(17)24(27)30)25-16-11-9-15(10-12-16)22-26-19-7-3-4-8-20(19)31-22/h1-4,7-12,17-18H,5-6,13-14H2,(H,25,28)/t17-,18-/m0/s1. The van der Waals surface area contributed by atoms with Crippen molar-refractivity contribution in [1.82, 2.24) is 9.88 Å². The molecule has 31 heavy (non-hydrogen) atoms. The van der Waals surface area contributed by atoms with Crippen molar-refractivity contribution in [2.24, 2.45) is 11.8 Å². The lowest BCUT2D eigenvalue weighted by atomic mass is 9.85. The van der Waals surface area contributed by atoms with E-state index < -0.39 is 0 Å². The smallest absolute Gasteiger partial charge is 0.233 e. The first-order valence-corrected chi connectivity index (χ1v) is 11.2. The fourth-order valence-corrected chi connectivity index (χ4v) is 5.19. The minimum atomic E-state index is -0.254. The van der Waals surface area contributed by atoms with Crippen LogP contribution in [0.15, 0.2) is 60.7 Å². The van der Waals surface area contributed by atoms with Crippen LogP contribution in [0.3, 0.4) is 0 Å². The Labute approximate surface area is 183 Å². The van der Waals surface area contributed by atoms with Gasteiger partial charge in [-0.2, -0.15) is 0 Å². The van der Waals surface area contributed by atoms with Gasteiger partial charge in [0, 0.05) is 24.2 Å². The van der Waals surface area contributed by atoms with Gasteiger partial charge in [0.25, 0.3) is 0 Å². The molecular formula is C24H21N3O3S. The van der Waals surface area contributed by atoms with Crippen molar-refractivity contribution in [3.63, 3.8) is 0 Å². The summed E-state index contributed by atoms with van der Waals surface area (Å²) in [5.41, 5.74) is 2.64. The third-order valence-corrected chi connectivity index (χ3v) is 6.96. The zero-order valence-electron chi connectivity index (χ0n) is 16.8. The number of hydrogen-bond donors (Lipinski definition) is 1. The lowest BCUT2D eigenvalue weighted by molar-refractivity contribution is -0.140. The quantitative estimate of drug-likeness (QED) is 0.484. The van der Waals surface area contributed by atoms with Crippen LogP contribution in [0, 0.1) is 11.8 Å². The Kier molecular flexibility index (Phi) is 5.11. The summed E-state index contributed by atoms with van der Waals surface area (Å²) in [6, 6.07) is 15.5. The molecule has 156 valence electrons. The number of benzene rings is 2. The van der Waals surface area contributed by atoms with Crippen LogP contribution in [0.4, 0.5) is 5.69 Å². The highest BCUT2D eigenvalue weighted by Gasteiger charge is 2.46. The highest BCUT2D eigenvalue weighted by Crippen LogP contribution is 2.35. The number of fused-ring (bicyclic) bond motifs is 2. The number of nitrogens with zero attached hydrogens (tertiary/aromatic N) is 2. The van der Waals surface area contributed by atoms with E-state index >= 15 is 0 Å². The van der Waals surface area contributed by atoms with Crippen LogP contribution in [0.5, 0.6) is 0 Å². The van der Waals surface area contributed by atoms with Gasteiger partial charge in [0.15, 0.2) is 0 Å². The van der Waals surface area contributed by atoms with Gasteiger partial charge >= 0.3 is 0 Å². The second-order valence-corrected chi connectivity index (χ2v) is 8.88. The van der Waals surface area contributed by atoms with E-state index in [0.717, 1.165) is 20.8 Å². The summed E-state index contributed by atoms with van der Waals surface area (Å²) in [6.45, 7) is 0.125. The third-order valence-electron chi connectivity index (χ3n) is 5.87. The molecule has 2 aromatic carbocycles. The van der Waals surface area contributed by atoms with Crippen LogP contribution in [-0.2, 0) is 14.4 Å². The Bertz CT molecular complexity index is 1140. The number of hydrogen-bond acceptors (Lipinski definition) is 5. The van der Waals surface area contributed by atoms with Gasteiger partial charge in [-0.15, -0.1) is 11.3 Å². The monoisotopic (exact) mass is 431 g/mol. The van der Waals surface area contributed by atoms with E-state index in [1.807, 2.05) is 60.7 Å². The van der Waals surface area contributed by atoms with Gasteiger partial charge in [-0.05, 0) is 49.2 Å². The van der Waals surface area contributed by atoms with E-state index in [1.54, 1.807) is 11.3 Å². The zero-order chi connectivity index (χ0) is 21.4. The van der Waals surface area contributed by atoms with Crippen molar-refractivity contribution in [3.05, 3.63) is 60.7 Å². The number of likely N-dealkylation sites (tertiary alicyclic amines) is 1. The van der Waals surface area contributed by atoms with Crippen LogP contribution in [0.1, 0.15) is 19.3 Å². The molecule has 7 heteroatoms. The maximum Gasteiger partial charge on any atom is 0.233 e. The van der Waals surface area contributed by atoms with E-state index in [-0.39, 0.29) is 42.5 Å². The lowest BCUT2D eigenvalue weighted by Crippen LogP contribution is -2.34. The van der Waals surface area contributed by atoms with Crippen molar-refractivity contribution in [3.8, 4) is 10.6 Å². The number of carbonyl (C=O) groups excluding carboxylic acids is 3. The number of imide groups is 1. The van der Waals surface area contributed by atoms with Gasteiger partial charge in [0.05, 0.1) is 22.1 Å². The Morgan fingerprint density at radius 2 is 1.68 bits per heavy atom. The maximum absolute atomic E-state index is 12.5. The van der Waals surface area contributed by atoms with E-state index in [4.69, 9.17) is 0 Å². The molecule has 2 aliphatic rings. The highest BCUT2D eigenvalue weighted by molar-refractivity contribution is 7.21. The number of anilines is 1. The average Bonchev–Trinajstić information content (AvgIpc) is 3.33. The number of amides is 3. The topological polar surface area (TPSA) is 79.4 Å². The van der Waals surface area contributed by atoms with Crippen LogP contribution in [0.2, 0.25) is 0 Å². The fraction of sp³-hybridized carbons (Fsp3) is 0.250. The van der Waals surface area contributed by atoms with Gasteiger partial charge < -0.3 is 5.32 Å². The Hall–Kier alpha value is -3.32. The van der Waals surface area contributed by atoms with E-state index in [0.29, 0.717) is 18.5 Å². The van der Waals surface area contributed by atoms with Gasteiger partial charge in [-0.1, -0.05) is 24.3 Å². The molecule has 1 N–H and O–H groups in total. The molecule has 0 spiro atoms. The maximum atomic E-state index is 12.5. The zero-order valence-corrected chi connectivity index (χ0v) is 17.6. The first-order chi connectivity index (χ1) is 15.1. The third kappa shape index (κ3) is 3.77. The molecule has 1 aliphatic carbocycles. The molecule has 1 aromatic heterocycles. The molecule has 6 nitrogen and oxygen atoms in total. The fourth-order valence-electron chi connectivity index (χ4n) is 4.22. The summed E-state index contributed by atoms with van der Waals surface area (Å²) < 4.78 is 1.14. The molecule has 2 atom stereocenters. The SMILES string of the molecule is O=C(CCN1C(=O)[C@H]2CC=CC[C@@H]2C1=O)Nc1ccc(-c2nc3ccccc3s2)cc1. The van der Waals surface area contributed by atoms with Gasteiger partial charge in [-0.25, -0.2) is 4.98 Å². The van der Waals surface area contributed by atoms with E-state index in [9.17, 15) is 14.4 Å². The second-order valence-electron chi connectivity index (χ2n) is 7.85. The molecule has 3 amide bonds. The van der Waals surface area contributed by atoms with Crippen molar-refractivity contribution in [2.45, 2.75) is 19.3 Å². The molecule has 0 saturated carbocycles. The van der Waals surface area contributed by atoms with Crippen molar-refractivity contribution >= 4 is 45.0 Å². The number of thiazole rings is 1. The minimum absolute atomic E-state index is 0.0873. The largest absolute Gasteiger partial charge is 0.326 e. The average molecular weight is 432 g/mol. The van der Waals surface area contributed by atoms with Crippen molar-refractivity contribution in [1.29, 1.82) is 0 Å². The Balaban J connectivity index is 1.19. The molecule has 3 aromatic rings. The number of nitrogens with one attached hydrogen (secondary N) is 1. The molecule has 0 radical (unpaired) electrons. The Morgan fingerprint density at radius 1 is 1.00 bits per heavy atom. The predicted octanol–water partition coefficient (Wildman–Crippen LogP) is 4.24. The van der Waals surface area contributed by atoms with E-state index in [1.165, 1.54) is 4.90 Å². The number of aromatic nitrogens is 1. The summed E-state index contributed by atoms with van der Waals surface area (Å²) in [6.07, 6.45) is 5.23. The van der Waals surface area contributed by atoms with E-state index in [2.05, 4.69) is 10.3 Å². The summed E-state index contributed by atoms with van der Waals surface area (Å²) in [5.74, 6) is -1.02. The van der Waals surface area contributed by atoms with Gasteiger partial charge in [0.1, 0.15) is 5.01 Å². The normalized spacial score (nSPS) is 20.3. The molecular weight excluding hydrogens is 410 g/mol. The molecule has 5 rings (SSSR count). The van der Waals surface area contributed by atoms with Crippen molar-refractivity contribution in [2.75, 3.05) is 11.9 Å². The number of rotatable bonds is 5. The lowest BCUT2D eigenvalue weighted by Gasteiger charge is -2.14. The van der Waals surface area contributed by atoms with Crippen molar-refractivity contribution < 1.29 is 14.4 Å². The second kappa shape index (κ2) is 8.07. The first-order valence-electron chi connectivity index (χ1n) is 10.4. The molecule has 2 heterocycles. The number of allylic oxidation sites excluding steroid dienone is 2. The first kappa shape index (κ1) is 19.6. The number of para-hydroxylation sites is 1. The summed E-state index contributed by atoms with van der Waals surface area (Å²) in [7, 11) is 0. The van der Waals surface area contributed by atoms with Gasteiger partial charge in [0.2, 0.25) is 17.7 Å².